The number of rotatable bonds is 3. The fraction of sp³-hybridized carbons (Fsp3) is 0.118. The van der Waals surface area contributed by atoms with E-state index >= 15 is 0 Å². The molecule has 25 heavy (non-hydrogen) atoms. The molecule has 0 bridgehead atoms. The van der Waals surface area contributed by atoms with Crippen molar-refractivity contribution in [3.8, 4) is 11.3 Å². The van der Waals surface area contributed by atoms with Gasteiger partial charge in [-0.2, -0.15) is 13.2 Å². The van der Waals surface area contributed by atoms with E-state index in [4.69, 9.17) is 0 Å². The highest BCUT2D eigenvalue weighted by Crippen LogP contribution is 2.40. The maximum absolute atomic E-state index is 13.1. The van der Waals surface area contributed by atoms with Crippen molar-refractivity contribution in [1.29, 1.82) is 0 Å². The van der Waals surface area contributed by atoms with Crippen LogP contribution in [0.2, 0.25) is 0 Å². The van der Waals surface area contributed by atoms with E-state index in [1.54, 1.807) is 12.1 Å². The molecule has 0 N–H and O–H groups in total. The minimum Gasteiger partial charge on any atom is -0.343 e. The molecule has 2 aromatic carbocycles. The van der Waals surface area contributed by atoms with Crippen LogP contribution in [0.15, 0.2) is 48.5 Å². The molecule has 0 amide bonds. The number of nitro benzene ring substituents is 1. The van der Waals surface area contributed by atoms with Gasteiger partial charge >= 0.3 is 6.18 Å². The van der Waals surface area contributed by atoms with Crippen molar-refractivity contribution in [2.24, 2.45) is 7.05 Å². The number of alkyl halides is 3. The number of fused-ring (bicyclic) bond motifs is 1. The summed E-state index contributed by atoms with van der Waals surface area (Å²) in [5.74, 6) is -2.03. The summed E-state index contributed by atoms with van der Waals surface area (Å²) in [5.41, 5.74) is -0.748. The first-order chi connectivity index (χ1) is 11.7. The predicted molar refractivity (Wildman–Crippen MR) is 85.4 cm³/mol. The van der Waals surface area contributed by atoms with Crippen molar-refractivity contribution in [3.63, 3.8) is 0 Å². The topological polar surface area (TPSA) is 65.1 Å². The van der Waals surface area contributed by atoms with Crippen LogP contribution in [-0.4, -0.2) is 21.4 Å². The van der Waals surface area contributed by atoms with Crippen LogP contribution in [-0.2, 0) is 7.05 Å². The Hall–Kier alpha value is -3.16. The van der Waals surface area contributed by atoms with E-state index in [-0.39, 0.29) is 22.3 Å². The number of aromatic nitrogens is 1. The summed E-state index contributed by atoms with van der Waals surface area (Å²) in [6, 6.07) is 11.5. The molecule has 0 aliphatic heterocycles. The van der Waals surface area contributed by atoms with Crippen LogP contribution in [0, 0.1) is 10.1 Å². The molecule has 0 radical (unpaired) electrons. The number of Topliss-reactive ketones (excluding diaryl/α,β-unsaturated/α-hetero) is 1. The van der Waals surface area contributed by atoms with Gasteiger partial charge < -0.3 is 4.57 Å². The Bertz CT molecular complexity index is 1010. The highest BCUT2D eigenvalue weighted by Gasteiger charge is 2.43. The lowest BCUT2D eigenvalue weighted by Gasteiger charge is -2.10. The maximum atomic E-state index is 13.1. The molecule has 3 rings (SSSR count). The summed E-state index contributed by atoms with van der Waals surface area (Å²) >= 11 is 0. The number of hydrogen-bond acceptors (Lipinski definition) is 3. The maximum Gasteiger partial charge on any atom is 0.454 e. The Morgan fingerprint density at radius 1 is 1.08 bits per heavy atom. The number of nitro groups is 1. The zero-order valence-electron chi connectivity index (χ0n) is 12.9. The quantitative estimate of drug-likeness (QED) is 0.398. The Morgan fingerprint density at radius 2 is 1.68 bits per heavy atom. The van der Waals surface area contributed by atoms with Gasteiger partial charge in [-0.1, -0.05) is 30.3 Å². The number of hydrogen-bond donors (Lipinski definition) is 0. The van der Waals surface area contributed by atoms with Crippen molar-refractivity contribution in [3.05, 3.63) is 64.2 Å². The molecule has 1 aromatic heterocycles. The Labute approximate surface area is 139 Å². The third-order valence-electron chi connectivity index (χ3n) is 3.95. The molecule has 0 unspecified atom stereocenters. The lowest BCUT2D eigenvalue weighted by molar-refractivity contribution is -0.384. The predicted octanol–water partition coefficient (Wildman–Crippen LogP) is 4.50. The second-order valence-corrected chi connectivity index (χ2v) is 5.40. The summed E-state index contributed by atoms with van der Waals surface area (Å²) < 4.78 is 40.8. The van der Waals surface area contributed by atoms with Gasteiger partial charge in [-0.15, -0.1) is 0 Å². The Morgan fingerprint density at radius 3 is 2.32 bits per heavy atom. The summed E-state index contributed by atoms with van der Waals surface area (Å²) in [5, 5.41) is 11.4. The molecule has 5 nitrogen and oxygen atoms in total. The van der Waals surface area contributed by atoms with E-state index in [2.05, 4.69) is 0 Å². The van der Waals surface area contributed by atoms with Gasteiger partial charge in [0.15, 0.2) is 0 Å². The number of carbonyl (C=O) groups is 1. The minimum absolute atomic E-state index is 0.0428. The van der Waals surface area contributed by atoms with E-state index in [1.165, 1.54) is 48.0 Å². The highest BCUT2D eigenvalue weighted by molar-refractivity contribution is 6.16. The molecule has 0 aliphatic carbocycles. The van der Waals surface area contributed by atoms with Crippen molar-refractivity contribution >= 4 is 22.4 Å². The normalized spacial score (nSPS) is 11.7. The van der Waals surface area contributed by atoms with Crippen molar-refractivity contribution in [2.45, 2.75) is 6.18 Å². The molecule has 1 heterocycles. The molecular weight excluding hydrogens is 337 g/mol. The summed E-state index contributed by atoms with van der Waals surface area (Å²) in [7, 11) is 1.47. The number of para-hydroxylation sites is 2. The smallest absolute Gasteiger partial charge is 0.343 e. The third-order valence-corrected chi connectivity index (χ3v) is 3.95. The van der Waals surface area contributed by atoms with Gasteiger partial charge in [0.2, 0.25) is 0 Å². The van der Waals surface area contributed by atoms with Crippen LogP contribution in [0.1, 0.15) is 10.4 Å². The number of ketones is 1. The van der Waals surface area contributed by atoms with E-state index < -0.39 is 22.4 Å². The largest absolute Gasteiger partial charge is 0.454 e. The van der Waals surface area contributed by atoms with Gasteiger partial charge in [0.05, 0.1) is 21.7 Å². The molecule has 0 saturated carbocycles. The SMILES string of the molecule is Cn1c(-c2ccccc2[N+](=O)[O-])c(C(=O)C(F)(F)F)c2ccccc21. The fourth-order valence-electron chi connectivity index (χ4n) is 2.91. The van der Waals surface area contributed by atoms with Crippen LogP contribution in [0.3, 0.4) is 0 Å². The first-order valence-corrected chi connectivity index (χ1v) is 7.16. The molecule has 0 spiro atoms. The van der Waals surface area contributed by atoms with E-state index in [1.807, 2.05) is 0 Å². The van der Waals surface area contributed by atoms with Crippen molar-refractivity contribution in [1.82, 2.24) is 4.57 Å². The second-order valence-electron chi connectivity index (χ2n) is 5.40. The zero-order chi connectivity index (χ0) is 18.4. The second kappa shape index (κ2) is 5.73. The Balaban J connectivity index is 2.46. The van der Waals surface area contributed by atoms with E-state index in [9.17, 15) is 28.1 Å². The lowest BCUT2D eigenvalue weighted by Crippen LogP contribution is -2.23. The molecule has 0 saturated heterocycles. The molecule has 8 heteroatoms. The average molecular weight is 348 g/mol. The standard InChI is InChI=1S/C17H11F3N2O3/c1-21-12-8-4-2-6-10(12)14(16(23)17(18,19)20)15(21)11-7-3-5-9-13(11)22(24)25/h2-9H,1H3. The lowest BCUT2D eigenvalue weighted by atomic mass is 10.00. The molecule has 128 valence electrons. The van der Waals surface area contributed by atoms with Gasteiger partial charge in [0.25, 0.3) is 11.5 Å². The summed E-state index contributed by atoms with van der Waals surface area (Å²) in [4.78, 5) is 22.7. The number of benzene rings is 2. The van der Waals surface area contributed by atoms with E-state index in [0.717, 1.165) is 0 Å². The minimum atomic E-state index is -5.09. The zero-order valence-corrected chi connectivity index (χ0v) is 12.9. The number of nitrogens with zero attached hydrogens (tertiary/aromatic N) is 2. The molecule has 3 aromatic rings. The van der Waals surface area contributed by atoms with Gasteiger partial charge in [0.1, 0.15) is 0 Å². The van der Waals surface area contributed by atoms with Crippen LogP contribution < -0.4 is 0 Å². The van der Waals surface area contributed by atoms with Crippen LogP contribution in [0.4, 0.5) is 18.9 Å². The molecule has 0 aliphatic rings. The van der Waals surface area contributed by atoms with Gasteiger partial charge in [-0.25, -0.2) is 0 Å². The summed E-state index contributed by atoms with van der Waals surface area (Å²) in [6.45, 7) is 0. The van der Waals surface area contributed by atoms with Crippen LogP contribution in [0.25, 0.3) is 22.2 Å². The van der Waals surface area contributed by atoms with Gasteiger partial charge in [-0.3, -0.25) is 14.9 Å². The monoisotopic (exact) mass is 348 g/mol. The van der Waals surface area contributed by atoms with Gasteiger partial charge in [0, 0.05) is 24.0 Å². The van der Waals surface area contributed by atoms with Crippen LogP contribution in [0.5, 0.6) is 0 Å². The molecule has 0 fully saturated rings. The third kappa shape index (κ3) is 2.65. The van der Waals surface area contributed by atoms with Crippen LogP contribution >= 0.6 is 0 Å². The summed E-state index contributed by atoms with van der Waals surface area (Å²) in [6.07, 6.45) is -5.09. The van der Waals surface area contributed by atoms with Crippen molar-refractivity contribution < 1.29 is 22.9 Å². The first-order valence-electron chi connectivity index (χ1n) is 7.16. The van der Waals surface area contributed by atoms with Crippen molar-refractivity contribution in [2.75, 3.05) is 0 Å². The Kier molecular flexibility index (Phi) is 3.82. The van der Waals surface area contributed by atoms with E-state index in [0.29, 0.717) is 5.52 Å². The number of carbonyl (C=O) groups excluding carboxylic acids is 1. The molecule has 0 atom stereocenters. The number of aryl methyl sites for hydroxylation is 1. The number of halogens is 3. The molecular formula is C17H11F3N2O3. The van der Waals surface area contributed by atoms with Gasteiger partial charge in [-0.05, 0) is 12.1 Å². The highest BCUT2D eigenvalue weighted by atomic mass is 19.4. The fourth-order valence-corrected chi connectivity index (χ4v) is 2.91. The average Bonchev–Trinajstić information content (AvgIpc) is 2.86. The first kappa shape index (κ1) is 16.7.